The molecule has 1 heterocycles. The van der Waals surface area contributed by atoms with E-state index in [2.05, 4.69) is 15.9 Å². The van der Waals surface area contributed by atoms with Crippen LogP contribution in [-0.2, 0) is 10.0 Å². The third kappa shape index (κ3) is 3.61. The van der Waals surface area contributed by atoms with Crippen LogP contribution in [0, 0.1) is 0 Å². The summed E-state index contributed by atoms with van der Waals surface area (Å²) in [5, 5.41) is 9.32. The molecule has 0 bridgehead atoms. The summed E-state index contributed by atoms with van der Waals surface area (Å²) in [6, 6.07) is 4.06. The monoisotopic (exact) mass is 393 g/mol. The maximum atomic E-state index is 12.7. The van der Waals surface area contributed by atoms with Gasteiger partial charge < -0.3 is 5.11 Å². The maximum Gasteiger partial charge on any atom is 0.335 e. The zero-order valence-electron chi connectivity index (χ0n) is 11.5. The average Bonchev–Trinajstić information content (AvgIpc) is 2.47. The molecule has 0 radical (unpaired) electrons. The van der Waals surface area contributed by atoms with Crippen LogP contribution in [0.4, 0.5) is 0 Å². The number of carboxylic acid groups (broad SMARTS) is 1. The van der Waals surface area contributed by atoms with E-state index >= 15 is 0 Å². The minimum absolute atomic E-state index is 0.0177. The topological polar surface area (TPSA) is 74.7 Å². The lowest BCUT2D eigenvalue weighted by Crippen LogP contribution is -2.41. The van der Waals surface area contributed by atoms with Gasteiger partial charge in [0.15, 0.2) is 0 Å². The third-order valence-electron chi connectivity index (χ3n) is 3.35. The molecule has 1 aliphatic heterocycles. The molecule has 116 valence electrons. The number of thioether (sulfide) groups is 1. The number of halogens is 1. The zero-order valence-corrected chi connectivity index (χ0v) is 14.7. The van der Waals surface area contributed by atoms with Gasteiger partial charge in [0.1, 0.15) is 0 Å². The van der Waals surface area contributed by atoms with E-state index in [0.29, 0.717) is 17.6 Å². The number of carbonyl (C=O) groups is 1. The summed E-state index contributed by atoms with van der Waals surface area (Å²) in [6.45, 7) is 2.95. The Bertz CT molecular complexity index is 648. The summed E-state index contributed by atoms with van der Waals surface area (Å²) in [6.07, 6.45) is 0.910. The van der Waals surface area contributed by atoms with Crippen LogP contribution >= 0.6 is 27.7 Å². The number of carboxylic acids is 1. The van der Waals surface area contributed by atoms with Crippen LogP contribution in [0.2, 0.25) is 0 Å². The SMILES string of the molecule is CCC1CN(S(=O)(=O)c2cc(C(=O)O)ccc2Br)CCS1. The molecule has 1 saturated heterocycles. The van der Waals surface area contributed by atoms with Crippen molar-refractivity contribution in [3.8, 4) is 0 Å². The highest BCUT2D eigenvalue weighted by atomic mass is 79.9. The Morgan fingerprint density at radius 3 is 2.86 bits per heavy atom. The molecule has 0 aliphatic carbocycles. The Balaban J connectivity index is 2.39. The highest BCUT2D eigenvalue weighted by molar-refractivity contribution is 9.10. The molecule has 8 heteroatoms. The molecule has 2 rings (SSSR count). The van der Waals surface area contributed by atoms with Gasteiger partial charge in [-0.15, -0.1) is 0 Å². The predicted octanol–water partition coefficient (Wildman–Crippen LogP) is 2.66. The molecule has 5 nitrogen and oxygen atoms in total. The first-order valence-corrected chi connectivity index (χ1v) is 9.79. The van der Waals surface area contributed by atoms with Crippen molar-refractivity contribution in [1.29, 1.82) is 0 Å². The molecule has 1 aromatic carbocycles. The Labute approximate surface area is 136 Å². The molecular weight excluding hydrogens is 378 g/mol. The number of nitrogens with zero attached hydrogens (tertiary/aromatic N) is 1. The van der Waals surface area contributed by atoms with Crippen molar-refractivity contribution in [3.05, 3.63) is 28.2 Å². The number of hydrogen-bond donors (Lipinski definition) is 1. The van der Waals surface area contributed by atoms with E-state index in [1.165, 1.54) is 22.5 Å². The molecule has 1 unspecified atom stereocenters. The van der Waals surface area contributed by atoms with Gasteiger partial charge in [0, 0.05) is 28.6 Å². The second-order valence-electron chi connectivity index (χ2n) is 4.71. The predicted molar refractivity (Wildman–Crippen MR) is 86.4 cm³/mol. The van der Waals surface area contributed by atoms with Gasteiger partial charge in [-0.3, -0.25) is 0 Å². The highest BCUT2D eigenvalue weighted by Crippen LogP contribution is 2.30. The van der Waals surface area contributed by atoms with Crippen molar-refractivity contribution in [2.24, 2.45) is 0 Å². The molecule has 0 aromatic heterocycles. The Hall–Kier alpha value is -0.570. The fourth-order valence-corrected chi connectivity index (χ4v) is 5.96. The van der Waals surface area contributed by atoms with Gasteiger partial charge in [0.05, 0.1) is 10.5 Å². The second-order valence-corrected chi connectivity index (χ2v) is 8.88. The first-order chi connectivity index (χ1) is 9.86. The van der Waals surface area contributed by atoms with E-state index in [1.54, 1.807) is 11.8 Å². The van der Waals surface area contributed by atoms with Gasteiger partial charge in [-0.2, -0.15) is 16.1 Å². The van der Waals surface area contributed by atoms with Gasteiger partial charge >= 0.3 is 5.97 Å². The van der Waals surface area contributed by atoms with Crippen molar-refractivity contribution >= 4 is 43.7 Å². The minimum Gasteiger partial charge on any atom is -0.478 e. The molecule has 1 aliphatic rings. The lowest BCUT2D eigenvalue weighted by Gasteiger charge is -2.31. The smallest absolute Gasteiger partial charge is 0.335 e. The second kappa shape index (κ2) is 6.68. The number of rotatable bonds is 4. The van der Waals surface area contributed by atoms with Crippen molar-refractivity contribution in [3.63, 3.8) is 0 Å². The third-order valence-corrected chi connectivity index (χ3v) is 7.58. The lowest BCUT2D eigenvalue weighted by molar-refractivity contribution is 0.0696. The summed E-state index contributed by atoms with van der Waals surface area (Å²) in [4.78, 5) is 11.1. The number of benzene rings is 1. The normalized spacial score (nSPS) is 20.4. The standard InChI is InChI=1S/C13H16BrNO4S2/c1-2-10-8-15(5-6-20-10)21(18,19)12-7-9(13(16)17)3-4-11(12)14/h3-4,7,10H,2,5-6,8H2,1H3,(H,16,17). The Morgan fingerprint density at radius 1 is 1.52 bits per heavy atom. The largest absolute Gasteiger partial charge is 0.478 e. The number of sulfonamides is 1. The fraction of sp³-hybridized carbons (Fsp3) is 0.462. The van der Waals surface area contributed by atoms with Gasteiger partial charge in [-0.05, 0) is 40.5 Å². The quantitative estimate of drug-likeness (QED) is 0.850. The summed E-state index contributed by atoms with van der Waals surface area (Å²) >= 11 is 4.99. The van der Waals surface area contributed by atoms with E-state index < -0.39 is 16.0 Å². The zero-order chi connectivity index (χ0) is 15.6. The summed E-state index contributed by atoms with van der Waals surface area (Å²) in [5.41, 5.74) is -0.0322. The van der Waals surface area contributed by atoms with E-state index in [0.717, 1.165) is 12.2 Å². The van der Waals surface area contributed by atoms with Crippen molar-refractivity contribution < 1.29 is 18.3 Å². The fourth-order valence-electron chi connectivity index (χ4n) is 2.13. The average molecular weight is 394 g/mol. The first kappa shape index (κ1) is 16.8. The van der Waals surface area contributed by atoms with Crippen LogP contribution in [0.25, 0.3) is 0 Å². The van der Waals surface area contributed by atoms with Crippen LogP contribution in [0.1, 0.15) is 23.7 Å². The first-order valence-electron chi connectivity index (χ1n) is 6.51. The maximum absolute atomic E-state index is 12.7. The van der Waals surface area contributed by atoms with E-state index in [9.17, 15) is 13.2 Å². The molecule has 21 heavy (non-hydrogen) atoms. The van der Waals surface area contributed by atoms with Crippen LogP contribution in [0.3, 0.4) is 0 Å². The van der Waals surface area contributed by atoms with Crippen molar-refractivity contribution in [2.75, 3.05) is 18.8 Å². The van der Waals surface area contributed by atoms with Crippen LogP contribution < -0.4 is 0 Å². The van der Waals surface area contributed by atoms with E-state index in [1.807, 2.05) is 6.92 Å². The molecule has 0 amide bonds. The van der Waals surface area contributed by atoms with Gasteiger partial charge in [0.2, 0.25) is 10.0 Å². The van der Waals surface area contributed by atoms with Crippen LogP contribution in [0.5, 0.6) is 0 Å². The Kier molecular flexibility index (Phi) is 5.34. The number of aromatic carboxylic acids is 1. The van der Waals surface area contributed by atoms with E-state index in [4.69, 9.17) is 5.11 Å². The molecule has 0 spiro atoms. The van der Waals surface area contributed by atoms with Crippen LogP contribution in [0.15, 0.2) is 27.6 Å². The van der Waals surface area contributed by atoms with Gasteiger partial charge in [-0.1, -0.05) is 6.92 Å². The Morgan fingerprint density at radius 2 is 2.24 bits per heavy atom. The molecule has 0 saturated carbocycles. The van der Waals surface area contributed by atoms with Crippen molar-refractivity contribution in [1.82, 2.24) is 4.31 Å². The molecule has 1 aromatic rings. The molecular formula is C13H16BrNO4S2. The minimum atomic E-state index is -3.68. The summed E-state index contributed by atoms with van der Waals surface area (Å²) in [5.74, 6) is -0.381. The van der Waals surface area contributed by atoms with Gasteiger partial charge in [0.25, 0.3) is 0 Å². The van der Waals surface area contributed by atoms with E-state index in [-0.39, 0.29) is 15.7 Å². The number of hydrogen-bond acceptors (Lipinski definition) is 4. The molecule has 1 atom stereocenters. The van der Waals surface area contributed by atoms with Gasteiger partial charge in [-0.25, -0.2) is 13.2 Å². The summed E-state index contributed by atoms with van der Waals surface area (Å²) in [7, 11) is -3.68. The molecule has 1 N–H and O–H groups in total. The highest BCUT2D eigenvalue weighted by Gasteiger charge is 2.31. The van der Waals surface area contributed by atoms with Crippen molar-refractivity contribution in [2.45, 2.75) is 23.5 Å². The van der Waals surface area contributed by atoms with Crippen LogP contribution in [-0.4, -0.2) is 47.9 Å². The summed E-state index contributed by atoms with van der Waals surface area (Å²) < 4.78 is 27.3. The lowest BCUT2D eigenvalue weighted by atomic mass is 10.2. The molecule has 1 fully saturated rings.